The van der Waals surface area contributed by atoms with Crippen molar-refractivity contribution >= 4 is 43.2 Å². The summed E-state index contributed by atoms with van der Waals surface area (Å²) >= 11 is 4.42. The van der Waals surface area contributed by atoms with Crippen LogP contribution in [-0.2, 0) is 21.2 Å². The summed E-state index contributed by atoms with van der Waals surface area (Å²) in [6.45, 7) is 2.14. The van der Waals surface area contributed by atoms with E-state index in [9.17, 15) is 13.2 Å². The molecule has 1 aromatic carbocycles. The van der Waals surface area contributed by atoms with Crippen LogP contribution in [0.3, 0.4) is 0 Å². The maximum absolute atomic E-state index is 13.0. The Hall–Kier alpha value is -1.22. The van der Waals surface area contributed by atoms with Crippen LogP contribution in [0.1, 0.15) is 38.2 Å². The second-order valence-corrected chi connectivity index (χ2v) is 11.7. The lowest BCUT2D eigenvalue weighted by atomic mass is 9.86. The Kier molecular flexibility index (Phi) is 7.31. The third-order valence-corrected chi connectivity index (χ3v) is 8.74. The molecule has 2 aromatic rings. The lowest BCUT2D eigenvalue weighted by Gasteiger charge is -2.31. The second kappa shape index (κ2) is 9.52. The molecule has 28 heavy (non-hydrogen) atoms. The summed E-state index contributed by atoms with van der Waals surface area (Å²) in [7, 11) is -3.78. The predicted octanol–water partition coefficient (Wildman–Crippen LogP) is 4.10. The van der Waals surface area contributed by atoms with Gasteiger partial charge in [-0.25, -0.2) is 8.42 Å². The van der Waals surface area contributed by atoms with Gasteiger partial charge in [0.25, 0.3) is 10.0 Å². The molecule has 0 aliphatic heterocycles. The highest BCUT2D eigenvalue weighted by Gasteiger charge is 2.30. The Labute approximate surface area is 179 Å². The molecule has 8 heteroatoms. The zero-order valence-corrected chi connectivity index (χ0v) is 18.9. The van der Waals surface area contributed by atoms with E-state index in [4.69, 9.17) is 0 Å². The van der Waals surface area contributed by atoms with E-state index in [-0.39, 0.29) is 16.2 Å². The molecular formula is C20H25BrN2O3S2. The molecule has 1 aromatic heterocycles. The average molecular weight is 485 g/mol. The second-order valence-electron chi connectivity index (χ2n) is 7.30. The molecule has 0 bridgehead atoms. The van der Waals surface area contributed by atoms with E-state index in [2.05, 4.69) is 32.9 Å². The van der Waals surface area contributed by atoms with Crippen molar-refractivity contribution in [3.05, 3.63) is 51.8 Å². The Bertz CT molecular complexity index is 899. The van der Waals surface area contributed by atoms with E-state index >= 15 is 0 Å². The molecule has 1 aliphatic carbocycles. The van der Waals surface area contributed by atoms with Gasteiger partial charge >= 0.3 is 0 Å². The lowest BCUT2D eigenvalue weighted by Crippen LogP contribution is -2.52. The smallest absolute Gasteiger partial charge is 0.250 e. The van der Waals surface area contributed by atoms with E-state index in [0.717, 1.165) is 39.9 Å². The van der Waals surface area contributed by atoms with Gasteiger partial charge in [-0.3, -0.25) is 4.79 Å². The lowest BCUT2D eigenvalue weighted by molar-refractivity contribution is -0.124. The minimum atomic E-state index is -3.78. The summed E-state index contributed by atoms with van der Waals surface area (Å²) in [6.07, 6.45) is 4.60. The molecule has 3 atom stereocenters. The number of thiophene rings is 1. The van der Waals surface area contributed by atoms with Gasteiger partial charge in [0, 0.05) is 6.04 Å². The first kappa shape index (κ1) is 21.5. The first-order valence-corrected chi connectivity index (χ1v) is 12.6. The summed E-state index contributed by atoms with van der Waals surface area (Å²) in [5.41, 5.74) is 0.911. The van der Waals surface area contributed by atoms with Gasteiger partial charge in [0.05, 0.1) is 3.79 Å². The molecule has 3 rings (SSSR count). The zero-order valence-electron chi connectivity index (χ0n) is 15.7. The molecule has 2 N–H and O–H groups in total. The predicted molar refractivity (Wildman–Crippen MR) is 116 cm³/mol. The summed E-state index contributed by atoms with van der Waals surface area (Å²) in [5.74, 6) is 0.140. The Balaban J connectivity index is 1.79. The number of benzene rings is 1. The van der Waals surface area contributed by atoms with Crippen LogP contribution >= 0.6 is 27.3 Å². The highest BCUT2D eigenvalue weighted by Crippen LogP contribution is 2.27. The van der Waals surface area contributed by atoms with Crippen LogP contribution in [0.2, 0.25) is 0 Å². The number of rotatable bonds is 7. The molecule has 1 saturated carbocycles. The van der Waals surface area contributed by atoms with Crippen LogP contribution in [0.25, 0.3) is 0 Å². The molecule has 0 unspecified atom stereocenters. The van der Waals surface area contributed by atoms with Crippen LogP contribution in [0, 0.1) is 5.92 Å². The first-order valence-electron chi connectivity index (χ1n) is 9.47. The van der Waals surface area contributed by atoms with Crippen LogP contribution in [0.15, 0.2) is 50.5 Å². The molecular weight excluding hydrogens is 460 g/mol. The van der Waals surface area contributed by atoms with Gasteiger partial charge in [0.1, 0.15) is 10.3 Å². The monoisotopic (exact) mass is 484 g/mol. The quantitative estimate of drug-likeness (QED) is 0.620. The fraction of sp³-hybridized carbons (Fsp3) is 0.450. The van der Waals surface area contributed by atoms with E-state index in [1.807, 2.05) is 30.3 Å². The van der Waals surface area contributed by atoms with Crippen LogP contribution in [-0.4, -0.2) is 26.4 Å². The molecule has 5 nitrogen and oxygen atoms in total. The van der Waals surface area contributed by atoms with Crippen LogP contribution in [0.5, 0.6) is 0 Å². The summed E-state index contributed by atoms with van der Waals surface area (Å²) in [6, 6.07) is 11.9. The number of hydrogen-bond donors (Lipinski definition) is 2. The minimum Gasteiger partial charge on any atom is -0.352 e. The summed E-state index contributed by atoms with van der Waals surface area (Å²) in [5, 5.41) is 3.10. The van der Waals surface area contributed by atoms with Crippen molar-refractivity contribution in [2.45, 2.75) is 55.3 Å². The molecule has 0 saturated heterocycles. The summed E-state index contributed by atoms with van der Waals surface area (Å²) in [4.78, 5) is 13.0. The highest BCUT2D eigenvalue weighted by atomic mass is 79.9. The van der Waals surface area contributed by atoms with Gasteiger partial charge in [-0.05, 0) is 58.8 Å². The molecule has 1 fully saturated rings. The summed E-state index contributed by atoms with van der Waals surface area (Å²) < 4.78 is 29.2. The number of sulfonamides is 1. The topological polar surface area (TPSA) is 75.3 Å². The van der Waals surface area contributed by atoms with E-state index in [1.165, 1.54) is 12.5 Å². The number of halogens is 1. The van der Waals surface area contributed by atoms with Gasteiger partial charge in [0.15, 0.2) is 0 Å². The third kappa shape index (κ3) is 5.65. The normalized spacial score (nSPS) is 21.2. The van der Waals surface area contributed by atoms with Gasteiger partial charge in [-0.1, -0.05) is 50.1 Å². The standard InChI is InChI=1S/C20H25BrN2O3S2/c1-14-7-5-6-10-16(14)22-20(24)17(13-15-8-3-2-4-9-15)23-28(25,26)19-12-11-18(21)27-19/h2-4,8-9,11-12,14,16-17,23H,5-7,10,13H2,1H3,(H,22,24)/t14-,16-,17-/m1/s1. The number of carbonyl (C=O) groups excluding carboxylic acids is 1. The van der Waals surface area contributed by atoms with Crippen molar-refractivity contribution < 1.29 is 13.2 Å². The van der Waals surface area contributed by atoms with E-state index in [1.54, 1.807) is 6.07 Å². The largest absolute Gasteiger partial charge is 0.352 e. The van der Waals surface area contributed by atoms with E-state index in [0.29, 0.717) is 12.3 Å². The van der Waals surface area contributed by atoms with E-state index < -0.39 is 16.1 Å². The molecule has 152 valence electrons. The molecule has 0 radical (unpaired) electrons. The minimum absolute atomic E-state index is 0.0971. The van der Waals surface area contributed by atoms with Crippen molar-refractivity contribution in [3.63, 3.8) is 0 Å². The van der Waals surface area contributed by atoms with Crippen LogP contribution < -0.4 is 10.0 Å². The molecule has 1 amide bonds. The zero-order chi connectivity index (χ0) is 20.1. The highest BCUT2D eigenvalue weighted by molar-refractivity contribution is 9.11. The number of hydrogen-bond acceptors (Lipinski definition) is 4. The first-order chi connectivity index (χ1) is 13.3. The van der Waals surface area contributed by atoms with Gasteiger partial charge < -0.3 is 5.32 Å². The van der Waals surface area contributed by atoms with Crippen LogP contribution in [0.4, 0.5) is 0 Å². The number of amides is 1. The van der Waals surface area contributed by atoms with Crippen molar-refractivity contribution in [1.29, 1.82) is 0 Å². The fourth-order valence-corrected chi connectivity index (χ4v) is 6.76. The number of nitrogens with one attached hydrogen (secondary N) is 2. The van der Waals surface area contributed by atoms with Crippen molar-refractivity contribution in [1.82, 2.24) is 10.0 Å². The molecule has 1 heterocycles. The van der Waals surface area contributed by atoms with Crippen molar-refractivity contribution in [2.75, 3.05) is 0 Å². The maximum Gasteiger partial charge on any atom is 0.250 e. The maximum atomic E-state index is 13.0. The molecule has 1 aliphatic rings. The molecule has 0 spiro atoms. The Morgan fingerprint density at radius 3 is 2.54 bits per heavy atom. The Morgan fingerprint density at radius 1 is 1.18 bits per heavy atom. The van der Waals surface area contributed by atoms with Gasteiger partial charge in [0.2, 0.25) is 5.91 Å². The third-order valence-electron chi connectivity index (χ3n) is 5.15. The average Bonchev–Trinajstić information content (AvgIpc) is 3.11. The van der Waals surface area contributed by atoms with Gasteiger partial charge in [-0.15, -0.1) is 11.3 Å². The van der Waals surface area contributed by atoms with Crippen molar-refractivity contribution in [2.24, 2.45) is 5.92 Å². The Morgan fingerprint density at radius 2 is 1.89 bits per heavy atom. The van der Waals surface area contributed by atoms with Crippen molar-refractivity contribution in [3.8, 4) is 0 Å². The number of carbonyl (C=O) groups is 1. The van der Waals surface area contributed by atoms with Gasteiger partial charge in [-0.2, -0.15) is 4.72 Å². The SMILES string of the molecule is C[C@@H]1CCCC[C@H]1NC(=O)[C@@H](Cc1ccccc1)NS(=O)(=O)c1ccc(Br)s1. The fourth-order valence-electron chi connectivity index (χ4n) is 3.54.